The van der Waals surface area contributed by atoms with Crippen LogP contribution in [0.25, 0.3) is 0 Å². The largest absolute Gasteiger partial charge is 0.598 e. The summed E-state index contributed by atoms with van der Waals surface area (Å²) in [4.78, 5) is 0. The molecule has 0 aromatic carbocycles. The van der Waals surface area contributed by atoms with Gasteiger partial charge in [-0.1, -0.05) is 90.4 Å². The second kappa shape index (κ2) is 38.0. The van der Waals surface area contributed by atoms with Gasteiger partial charge in [-0.05, 0) is 57.9 Å². The molecule has 0 radical (unpaired) electrons. The molecule has 0 aliphatic carbocycles. The minimum absolute atomic E-state index is 0.000648. The highest BCUT2D eigenvalue weighted by molar-refractivity contribution is 7.89. The standard InChI is InChI=1S/C35H80N8O7S/c1-2-31(44)30(36)19-16-17-23-39-35(47)29-50-27-26-49-25-24-40-33(45)22-18-28-51(48)43-34(46)21-15-13-11-9-7-5-3-4-6-8-10-12-14-20-32(41-37)42-38/h30-35,39-47H,2-29,36-38H2,1H3/t30-,31?,33?,34?,35?,51?/m1/s1. The number of hydrogen-bond acceptors (Lipinski definition) is 15. The zero-order valence-electron chi connectivity index (χ0n) is 31.9. The van der Waals surface area contributed by atoms with Gasteiger partial charge in [-0.3, -0.25) is 22.3 Å². The van der Waals surface area contributed by atoms with E-state index < -0.39 is 36.1 Å². The summed E-state index contributed by atoms with van der Waals surface area (Å²) in [6.45, 7) is 4.32. The van der Waals surface area contributed by atoms with Gasteiger partial charge in [0.05, 0.1) is 38.7 Å². The number of hydrogen-bond donors (Lipinski definition) is 12. The van der Waals surface area contributed by atoms with Gasteiger partial charge in [0.1, 0.15) is 24.4 Å². The molecule has 0 heterocycles. The lowest BCUT2D eigenvalue weighted by Gasteiger charge is -2.17. The summed E-state index contributed by atoms with van der Waals surface area (Å²) in [5.41, 5.74) is 11.2. The maximum Gasteiger partial charge on any atom is 0.146 e. The molecule has 0 spiro atoms. The van der Waals surface area contributed by atoms with Crippen LogP contribution in [0.5, 0.6) is 0 Å². The third kappa shape index (κ3) is 35.2. The van der Waals surface area contributed by atoms with Gasteiger partial charge < -0.3 is 40.2 Å². The van der Waals surface area contributed by atoms with E-state index in [-0.39, 0.29) is 18.8 Å². The average molecular weight is 757 g/mol. The maximum atomic E-state index is 12.3. The van der Waals surface area contributed by atoms with Crippen LogP contribution in [0.3, 0.4) is 0 Å². The third-order valence-electron chi connectivity index (χ3n) is 8.98. The number of nitrogens with one attached hydrogen (secondary N) is 5. The van der Waals surface area contributed by atoms with Crippen LogP contribution in [0, 0.1) is 0 Å². The van der Waals surface area contributed by atoms with Gasteiger partial charge in [0.25, 0.3) is 0 Å². The van der Waals surface area contributed by atoms with E-state index in [4.69, 9.17) is 26.9 Å². The molecule has 0 aromatic heterocycles. The molecule has 0 bridgehead atoms. The second-order valence-corrected chi connectivity index (χ2v) is 15.0. The van der Waals surface area contributed by atoms with Crippen LogP contribution in [-0.4, -0.2) is 107 Å². The summed E-state index contributed by atoms with van der Waals surface area (Å²) >= 11 is -1.34. The van der Waals surface area contributed by atoms with Crippen LogP contribution in [0.15, 0.2) is 0 Å². The Bertz CT molecular complexity index is 713. The molecule has 6 atom stereocenters. The van der Waals surface area contributed by atoms with Gasteiger partial charge in [0, 0.05) is 23.9 Å². The van der Waals surface area contributed by atoms with Crippen molar-refractivity contribution in [3.63, 3.8) is 0 Å². The van der Waals surface area contributed by atoms with Crippen molar-refractivity contribution in [1.29, 1.82) is 0 Å². The Hall–Kier alpha value is -0.250. The van der Waals surface area contributed by atoms with Crippen LogP contribution in [-0.2, 0) is 20.8 Å². The van der Waals surface area contributed by atoms with E-state index in [1.54, 1.807) is 0 Å². The van der Waals surface area contributed by atoms with Gasteiger partial charge in [-0.15, -0.1) is 4.72 Å². The van der Waals surface area contributed by atoms with Gasteiger partial charge in [-0.25, -0.2) is 10.9 Å². The number of hydrazine groups is 2. The number of unbranched alkanes of at least 4 members (excludes halogenated alkanes) is 13. The van der Waals surface area contributed by atoms with E-state index in [1.165, 1.54) is 64.2 Å². The fourth-order valence-electron chi connectivity index (χ4n) is 5.67. The summed E-state index contributed by atoms with van der Waals surface area (Å²) in [7, 11) is 0. The SMILES string of the molecule is CCC(O)[C@H](N)CCCCNC(O)COCCOCCNC(O)CCC[S+]([O-])NC(O)CCCCCCCCCCCCCCCC(NN)NN. The van der Waals surface area contributed by atoms with Crippen LogP contribution < -0.4 is 43.6 Å². The summed E-state index contributed by atoms with van der Waals surface area (Å²) in [5.74, 6) is 11.1. The lowest BCUT2D eigenvalue weighted by molar-refractivity contribution is -0.00828. The first-order chi connectivity index (χ1) is 24.7. The highest BCUT2D eigenvalue weighted by atomic mass is 32.2. The molecular formula is C35H80N8O7S. The molecule has 15 N–H and O–H groups in total. The van der Waals surface area contributed by atoms with Crippen LogP contribution in [0.4, 0.5) is 0 Å². The Morgan fingerprint density at radius 2 is 1.10 bits per heavy atom. The van der Waals surface area contributed by atoms with Crippen LogP contribution in [0.2, 0.25) is 0 Å². The van der Waals surface area contributed by atoms with Crippen molar-refractivity contribution >= 4 is 11.4 Å². The molecule has 0 aliphatic heterocycles. The molecule has 0 rings (SSSR count). The molecule has 15 nitrogen and oxygen atoms in total. The Morgan fingerprint density at radius 1 is 0.588 bits per heavy atom. The van der Waals surface area contributed by atoms with Crippen molar-refractivity contribution in [3.05, 3.63) is 0 Å². The normalized spacial score (nSPS) is 15.6. The monoisotopic (exact) mass is 757 g/mol. The average Bonchev–Trinajstić information content (AvgIpc) is 3.11. The summed E-state index contributed by atoms with van der Waals surface area (Å²) < 4.78 is 25.9. The minimum atomic E-state index is -1.34. The van der Waals surface area contributed by atoms with Crippen molar-refractivity contribution in [2.45, 2.75) is 179 Å². The number of rotatable bonds is 41. The van der Waals surface area contributed by atoms with Crippen LogP contribution >= 0.6 is 0 Å². The molecular weight excluding hydrogens is 677 g/mol. The first-order valence-corrected chi connectivity index (χ1v) is 21.2. The number of nitrogens with two attached hydrogens (primary N) is 3. The molecule has 308 valence electrons. The van der Waals surface area contributed by atoms with Gasteiger partial charge >= 0.3 is 0 Å². The number of aliphatic hydroxyl groups is 4. The smallest absolute Gasteiger partial charge is 0.146 e. The van der Waals surface area contributed by atoms with Gasteiger partial charge in [-0.2, -0.15) is 0 Å². The van der Waals surface area contributed by atoms with Gasteiger partial charge in [0.2, 0.25) is 0 Å². The van der Waals surface area contributed by atoms with Crippen molar-refractivity contribution in [2.75, 3.05) is 45.3 Å². The van der Waals surface area contributed by atoms with E-state index in [2.05, 4.69) is 26.2 Å². The lowest BCUT2D eigenvalue weighted by atomic mass is 10.0. The number of aliphatic hydroxyl groups excluding tert-OH is 4. The highest BCUT2D eigenvalue weighted by Crippen LogP contribution is 2.14. The second-order valence-electron chi connectivity index (χ2n) is 13.6. The first kappa shape index (κ1) is 50.8. The fraction of sp³-hybridized carbons (Fsp3) is 1.00. The van der Waals surface area contributed by atoms with Crippen molar-refractivity contribution in [2.24, 2.45) is 17.4 Å². The summed E-state index contributed by atoms with van der Waals surface area (Å²) in [6.07, 6.45) is 18.8. The topological polar surface area (TPSA) is 261 Å². The lowest BCUT2D eigenvalue weighted by Crippen LogP contribution is -2.49. The van der Waals surface area contributed by atoms with Crippen LogP contribution in [0.1, 0.15) is 142 Å². The van der Waals surface area contributed by atoms with Gasteiger partial charge in [0.15, 0.2) is 0 Å². The minimum Gasteiger partial charge on any atom is -0.598 e. The zero-order valence-corrected chi connectivity index (χ0v) is 32.7. The van der Waals surface area contributed by atoms with E-state index in [1.807, 2.05) is 6.92 Å². The quantitative estimate of drug-likeness (QED) is 0.0139. The molecule has 0 aromatic rings. The third-order valence-corrected chi connectivity index (χ3v) is 10.2. The number of ether oxygens (including phenoxy) is 2. The van der Waals surface area contributed by atoms with Crippen molar-refractivity contribution in [3.8, 4) is 0 Å². The van der Waals surface area contributed by atoms with Crippen molar-refractivity contribution in [1.82, 2.24) is 26.2 Å². The molecule has 5 unspecified atom stereocenters. The van der Waals surface area contributed by atoms with E-state index in [0.717, 1.165) is 44.9 Å². The van der Waals surface area contributed by atoms with E-state index >= 15 is 0 Å². The van der Waals surface area contributed by atoms with Crippen molar-refractivity contribution < 1.29 is 34.5 Å². The molecule has 0 amide bonds. The molecule has 0 saturated heterocycles. The maximum absolute atomic E-state index is 12.3. The highest BCUT2D eigenvalue weighted by Gasteiger charge is 2.15. The predicted octanol–water partition coefficient (Wildman–Crippen LogP) is 1.56. The Balaban J connectivity index is 3.47. The fourth-order valence-corrected chi connectivity index (χ4v) is 6.63. The van der Waals surface area contributed by atoms with E-state index in [0.29, 0.717) is 64.3 Å². The Morgan fingerprint density at radius 3 is 1.69 bits per heavy atom. The zero-order chi connectivity index (χ0) is 37.8. The molecule has 0 aliphatic rings. The summed E-state index contributed by atoms with van der Waals surface area (Å²) in [5, 5.41) is 45.9. The molecule has 0 fully saturated rings. The molecule has 16 heteroatoms. The predicted molar refractivity (Wildman–Crippen MR) is 207 cm³/mol. The Kier molecular flexibility index (Phi) is 37.9. The molecule has 51 heavy (non-hydrogen) atoms. The summed E-state index contributed by atoms with van der Waals surface area (Å²) in [6, 6.07) is -0.199. The van der Waals surface area contributed by atoms with E-state index in [9.17, 15) is 25.0 Å². The first-order valence-electron chi connectivity index (χ1n) is 19.9. The Labute approximate surface area is 312 Å². The molecule has 0 saturated carbocycles.